The van der Waals surface area contributed by atoms with Crippen LogP contribution < -0.4 is 10.1 Å². The van der Waals surface area contributed by atoms with Gasteiger partial charge >= 0.3 is 6.61 Å². The Morgan fingerprint density at radius 1 is 1.45 bits per heavy atom. The van der Waals surface area contributed by atoms with Crippen LogP contribution in [0, 0.1) is 0 Å². The Morgan fingerprint density at radius 2 is 2.20 bits per heavy atom. The van der Waals surface area contributed by atoms with Gasteiger partial charge in [-0.2, -0.15) is 8.78 Å². The van der Waals surface area contributed by atoms with Crippen LogP contribution in [0.15, 0.2) is 18.2 Å². The Morgan fingerprint density at radius 3 is 2.75 bits per heavy atom. The molecule has 0 spiro atoms. The van der Waals surface area contributed by atoms with Gasteiger partial charge in [-0.15, -0.1) is 0 Å². The van der Waals surface area contributed by atoms with Crippen molar-refractivity contribution in [2.75, 3.05) is 19.6 Å². The number of halogens is 3. The highest BCUT2D eigenvalue weighted by Gasteiger charge is 2.25. The maximum atomic E-state index is 12.4. The minimum absolute atomic E-state index is 0.206. The number of alkyl halides is 2. The van der Waals surface area contributed by atoms with Gasteiger partial charge in [0.25, 0.3) is 0 Å². The summed E-state index contributed by atoms with van der Waals surface area (Å²) >= 11 is 5.97. The highest BCUT2D eigenvalue weighted by Crippen LogP contribution is 2.27. The molecule has 0 radical (unpaired) electrons. The molecule has 0 aromatic heterocycles. The van der Waals surface area contributed by atoms with Crippen LogP contribution in [-0.4, -0.2) is 37.2 Å². The van der Waals surface area contributed by atoms with E-state index in [0.29, 0.717) is 23.2 Å². The first-order chi connectivity index (χ1) is 9.60. The second-order valence-electron chi connectivity index (χ2n) is 4.91. The quantitative estimate of drug-likeness (QED) is 0.837. The second kappa shape index (κ2) is 7.20. The van der Waals surface area contributed by atoms with E-state index < -0.39 is 6.61 Å². The molecule has 0 aliphatic carbocycles. The standard InChI is InChI=1S/C14H19ClF2N2O/c1-2-5-19(12-7-18-8-12)9-10-6-11(15)3-4-13(10)20-14(16)17/h3-4,6,12,14,18H,2,5,7-9H2,1H3. The molecule has 0 unspecified atom stereocenters. The fourth-order valence-corrected chi connectivity index (χ4v) is 2.51. The van der Waals surface area contributed by atoms with Crippen molar-refractivity contribution in [2.24, 2.45) is 0 Å². The predicted molar refractivity (Wildman–Crippen MR) is 75.4 cm³/mol. The summed E-state index contributed by atoms with van der Waals surface area (Å²) in [6.45, 7) is 2.65. The zero-order chi connectivity index (χ0) is 14.5. The summed E-state index contributed by atoms with van der Waals surface area (Å²) in [6.07, 6.45) is 1.02. The van der Waals surface area contributed by atoms with E-state index in [2.05, 4.69) is 21.9 Å². The lowest BCUT2D eigenvalue weighted by Crippen LogP contribution is -2.57. The molecule has 1 aromatic rings. The normalized spacial score (nSPS) is 15.7. The summed E-state index contributed by atoms with van der Waals surface area (Å²) in [7, 11) is 0. The highest BCUT2D eigenvalue weighted by molar-refractivity contribution is 6.30. The van der Waals surface area contributed by atoms with Crippen molar-refractivity contribution in [2.45, 2.75) is 32.5 Å². The molecule has 0 bridgehead atoms. The smallest absolute Gasteiger partial charge is 0.387 e. The van der Waals surface area contributed by atoms with E-state index in [1.807, 2.05) is 0 Å². The van der Waals surface area contributed by atoms with Crippen molar-refractivity contribution in [3.05, 3.63) is 28.8 Å². The van der Waals surface area contributed by atoms with Crippen LogP contribution in [0.2, 0.25) is 5.02 Å². The monoisotopic (exact) mass is 304 g/mol. The largest absolute Gasteiger partial charge is 0.434 e. The van der Waals surface area contributed by atoms with Gasteiger partial charge in [0.1, 0.15) is 5.75 Å². The van der Waals surface area contributed by atoms with Gasteiger partial charge in [0.15, 0.2) is 0 Å². The minimum atomic E-state index is -2.82. The van der Waals surface area contributed by atoms with Gasteiger partial charge in [0, 0.05) is 36.3 Å². The summed E-state index contributed by atoms with van der Waals surface area (Å²) < 4.78 is 29.5. The van der Waals surface area contributed by atoms with Crippen molar-refractivity contribution in [3.8, 4) is 5.75 Å². The fourth-order valence-electron chi connectivity index (χ4n) is 2.31. The zero-order valence-corrected chi connectivity index (χ0v) is 12.2. The van der Waals surface area contributed by atoms with Crippen LogP contribution in [-0.2, 0) is 6.54 Å². The summed E-state index contributed by atoms with van der Waals surface area (Å²) in [5, 5.41) is 3.76. The van der Waals surface area contributed by atoms with Crippen molar-refractivity contribution in [1.82, 2.24) is 10.2 Å². The molecule has 0 amide bonds. The van der Waals surface area contributed by atoms with E-state index in [1.54, 1.807) is 12.1 Å². The third-order valence-electron chi connectivity index (χ3n) is 3.40. The second-order valence-corrected chi connectivity index (χ2v) is 5.35. The summed E-state index contributed by atoms with van der Waals surface area (Å²) in [6, 6.07) is 5.23. The molecule has 2 rings (SSSR count). The molecule has 6 heteroatoms. The molecule has 1 heterocycles. The maximum absolute atomic E-state index is 12.4. The van der Waals surface area contributed by atoms with Gasteiger partial charge < -0.3 is 10.1 Å². The number of hydrogen-bond acceptors (Lipinski definition) is 3. The van der Waals surface area contributed by atoms with Crippen LogP contribution >= 0.6 is 11.6 Å². The Hall–Kier alpha value is -0.910. The van der Waals surface area contributed by atoms with Crippen LogP contribution in [0.5, 0.6) is 5.75 Å². The van der Waals surface area contributed by atoms with Crippen LogP contribution in [0.4, 0.5) is 8.78 Å². The average molecular weight is 305 g/mol. The van der Waals surface area contributed by atoms with E-state index in [9.17, 15) is 8.78 Å². The van der Waals surface area contributed by atoms with Gasteiger partial charge in [0.2, 0.25) is 0 Å². The van der Waals surface area contributed by atoms with Crippen LogP contribution in [0.25, 0.3) is 0 Å². The van der Waals surface area contributed by atoms with Crippen LogP contribution in [0.1, 0.15) is 18.9 Å². The number of rotatable bonds is 7. The van der Waals surface area contributed by atoms with E-state index in [-0.39, 0.29) is 5.75 Å². The van der Waals surface area contributed by atoms with Gasteiger partial charge in [-0.3, -0.25) is 4.90 Å². The average Bonchev–Trinajstić information content (AvgIpc) is 2.30. The molecule has 1 N–H and O–H groups in total. The number of ether oxygens (including phenoxy) is 1. The van der Waals surface area contributed by atoms with Gasteiger partial charge in [-0.25, -0.2) is 0 Å². The number of nitrogens with one attached hydrogen (secondary N) is 1. The Labute approximate surface area is 122 Å². The number of nitrogens with zero attached hydrogens (tertiary/aromatic N) is 1. The molecular weight excluding hydrogens is 286 g/mol. The van der Waals surface area contributed by atoms with E-state index in [4.69, 9.17) is 11.6 Å². The Bertz CT molecular complexity index is 441. The first kappa shape index (κ1) is 15.5. The first-order valence-electron chi connectivity index (χ1n) is 6.78. The number of benzene rings is 1. The lowest BCUT2D eigenvalue weighted by molar-refractivity contribution is -0.0509. The molecule has 1 aromatic carbocycles. The molecule has 3 nitrogen and oxygen atoms in total. The molecule has 112 valence electrons. The van der Waals surface area contributed by atoms with Crippen molar-refractivity contribution in [3.63, 3.8) is 0 Å². The lowest BCUT2D eigenvalue weighted by Gasteiger charge is -2.38. The first-order valence-corrected chi connectivity index (χ1v) is 7.16. The number of hydrogen-bond donors (Lipinski definition) is 1. The van der Waals surface area contributed by atoms with E-state index in [0.717, 1.165) is 26.1 Å². The minimum Gasteiger partial charge on any atom is -0.434 e. The molecule has 1 aliphatic heterocycles. The summed E-state index contributed by atoms with van der Waals surface area (Å²) in [5.41, 5.74) is 0.707. The zero-order valence-electron chi connectivity index (χ0n) is 11.4. The van der Waals surface area contributed by atoms with Gasteiger partial charge in [0.05, 0.1) is 0 Å². The summed E-state index contributed by atoms with van der Waals surface area (Å²) in [5.74, 6) is 0.206. The van der Waals surface area contributed by atoms with Gasteiger partial charge in [-0.05, 0) is 31.2 Å². The highest BCUT2D eigenvalue weighted by atomic mass is 35.5. The maximum Gasteiger partial charge on any atom is 0.387 e. The fraction of sp³-hybridized carbons (Fsp3) is 0.571. The molecule has 0 saturated carbocycles. The SMILES string of the molecule is CCCN(Cc1cc(Cl)ccc1OC(F)F)C1CNC1. The molecule has 1 fully saturated rings. The van der Waals surface area contributed by atoms with Gasteiger partial charge in [-0.1, -0.05) is 18.5 Å². The Balaban J connectivity index is 2.14. The van der Waals surface area contributed by atoms with Crippen LogP contribution in [0.3, 0.4) is 0 Å². The molecular formula is C14H19ClF2N2O. The molecule has 1 aliphatic rings. The molecule has 1 saturated heterocycles. The third kappa shape index (κ3) is 4.04. The summed E-state index contributed by atoms with van der Waals surface area (Å²) in [4.78, 5) is 2.28. The predicted octanol–water partition coefficient (Wildman–Crippen LogP) is 3.13. The van der Waals surface area contributed by atoms with E-state index in [1.165, 1.54) is 6.07 Å². The van der Waals surface area contributed by atoms with Crippen molar-refractivity contribution < 1.29 is 13.5 Å². The Kier molecular flexibility index (Phi) is 5.57. The molecule has 20 heavy (non-hydrogen) atoms. The molecule has 0 atom stereocenters. The van der Waals surface area contributed by atoms with Crippen molar-refractivity contribution in [1.29, 1.82) is 0 Å². The topological polar surface area (TPSA) is 24.5 Å². The van der Waals surface area contributed by atoms with E-state index >= 15 is 0 Å². The third-order valence-corrected chi connectivity index (χ3v) is 3.63. The van der Waals surface area contributed by atoms with Crippen molar-refractivity contribution >= 4 is 11.6 Å². The lowest BCUT2D eigenvalue weighted by atomic mass is 10.1.